The van der Waals surface area contributed by atoms with Gasteiger partial charge in [0.15, 0.2) is 0 Å². The van der Waals surface area contributed by atoms with Gasteiger partial charge in [0.2, 0.25) is 0 Å². The van der Waals surface area contributed by atoms with Crippen LogP contribution in [0.15, 0.2) is 0 Å². The number of hydrogen-bond donors (Lipinski definition) is 0. The molecule has 2 atom stereocenters. The summed E-state index contributed by atoms with van der Waals surface area (Å²) in [6.07, 6.45) is 2.87. The van der Waals surface area contributed by atoms with Crippen molar-refractivity contribution >= 4 is 11.8 Å². The Kier molecular flexibility index (Phi) is 5.07. The number of likely N-dealkylation sites (tertiary alicyclic amines) is 1. The summed E-state index contributed by atoms with van der Waals surface area (Å²) in [4.78, 5) is 8.09. The molecule has 0 spiro atoms. The van der Waals surface area contributed by atoms with Gasteiger partial charge < -0.3 is 9.80 Å². The highest BCUT2D eigenvalue weighted by Crippen LogP contribution is 2.26. The summed E-state index contributed by atoms with van der Waals surface area (Å²) in [5.41, 5.74) is 0. The zero-order chi connectivity index (χ0) is 13.1. The van der Waals surface area contributed by atoms with Crippen molar-refractivity contribution in [2.24, 2.45) is 5.92 Å². The molecule has 3 heterocycles. The lowest BCUT2D eigenvalue weighted by Gasteiger charge is -2.37. The highest BCUT2D eigenvalue weighted by molar-refractivity contribution is 7.99. The summed E-state index contributed by atoms with van der Waals surface area (Å²) in [7, 11) is 0. The Bertz CT molecular complexity index is 273. The van der Waals surface area contributed by atoms with Crippen LogP contribution in [0.4, 0.5) is 0 Å². The van der Waals surface area contributed by atoms with E-state index in [4.69, 9.17) is 0 Å². The average molecular weight is 283 g/mol. The van der Waals surface area contributed by atoms with Crippen LogP contribution in [0.2, 0.25) is 0 Å². The van der Waals surface area contributed by atoms with E-state index in [1.54, 1.807) is 0 Å². The molecule has 0 aromatic carbocycles. The molecule has 0 aromatic heterocycles. The van der Waals surface area contributed by atoms with Gasteiger partial charge in [-0.2, -0.15) is 11.8 Å². The molecule has 4 heteroatoms. The summed E-state index contributed by atoms with van der Waals surface area (Å²) in [6, 6.07) is 0.855. The molecular formula is C15H29N3S. The molecule has 19 heavy (non-hydrogen) atoms. The first-order valence-electron chi connectivity index (χ1n) is 8.11. The normalized spacial score (nSPS) is 35.2. The van der Waals surface area contributed by atoms with Crippen molar-refractivity contribution < 1.29 is 0 Å². The lowest BCUT2D eigenvalue weighted by atomic mass is 10.1. The molecular weight excluding hydrogens is 254 g/mol. The van der Waals surface area contributed by atoms with Crippen LogP contribution >= 0.6 is 11.8 Å². The molecule has 0 N–H and O–H groups in total. The van der Waals surface area contributed by atoms with E-state index >= 15 is 0 Å². The number of piperazine rings is 1. The van der Waals surface area contributed by atoms with Gasteiger partial charge in [0, 0.05) is 45.3 Å². The van der Waals surface area contributed by atoms with Crippen LogP contribution in [-0.4, -0.2) is 84.6 Å². The highest BCUT2D eigenvalue weighted by atomic mass is 32.2. The first-order chi connectivity index (χ1) is 9.35. The summed E-state index contributed by atoms with van der Waals surface area (Å²) in [5.74, 6) is 3.80. The van der Waals surface area contributed by atoms with E-state index < -0.39 is 0 Å². The van der Waals surface area contributed by atoms with Crippen LogP contribution in [0.25, 0.3) is 0 Å². The van der Waals surface area contributed by atoms with E-state index in [0.29, 0.717) is 0 Å². The summed E-state index contributed by atoms with van der Waals surface area (Å²) >= 11 is 2.15. The van der Waals surface area contributed by atoms with Crippen molar-refractivity contribution in [1.82, 2.24) is 14.7 Å². The van der Waals surface area contributed by atoms with Gasteiger partial charge in [-0.1, -0.05) is 6.92 Å². The lowest BCUT2D eigenvalue weighted by Crippen LogP contribution is -2.50. The van der Waals surface area contributed by atoms with Crippen LogP contribution < -0.4 is 0 Å². The van der Waals surface area contributed by atoms with Crippen molar-refractivity contribution in [2.45, 2.75) is 25.8 Å². The molecule has 0 radical (unpaired) electrons. The molecule has 0 saturated carbocycles. The van der Waals surface area contributed by atoms with Crippen LogP contribution in [0.1, 0.15) is 19.8 Å². The average Bonchev–Trinajstić information content (AvgIpc) is 3.11. The second kappa shape index (κ2) is 6.79. The van der Waals surface area contributed by atoms with Gasteiger partial charge in [-0.3, -0.25) is 4.90 Å². The summed E-state index contributed by atoms with van der Waals surface area (Å²) in [6.45, 7) is 12.7. The van der Waals surface area contributed by atoms with Gasteiger partial charge in [0.1, 0.15) is 0 Å². The highest BCUT2D eigenvalue weighted by Gasteiger charge is 2.31. The van der Waals surface area contributed by atoms with Crippen LogP contribution in [-0.2, 0) is 0 Å². The van der Waals surface area contributed by atoms with Crippen LogP contribution in [0, 0.1) is 5.92 Å². The number of likely N-dealkylation sites (N-methyl/N-ethyl adjacent to an activating group) is 1. The third-order valence-corrected chi connectivity index (χ3v) is 6.39. The molecule has 3 rings (SSSR count). The third-order valence-electron chi connectivity index (χ3n) is 5.16. The number of hydrogen-bond acceptors (Lipinski definition) is 4. The molecule has 0 aliphatic carbocycles. The van der Waals surface area contributed by atoms with E-state index in [0.717, 1.165) is 12.0 Å². The molecule has 3 saturated heterocycles. The van der Waals surface area contributed by atoms with E-state index in [-0.39, 0.29) is 0 Å². The molecule has 3 fully saturated rings. The van der Waals surface area contributed by atoms with Crippen molar-refractivity contribution in [3.8, 4) is 0 Å². The standard InChI is InChI=1S/C15H29N3S/c1-2-16-6-8-18(9-7-16)15-3-5-17(12-15)11-14-4-10-19-13-14/h14-15H,2-13H2,1H3. The molecule has 3 aliphatic rings. The summed E-state index contributed by atoms with van der Waals surface area (Å²) in [5, 5.41) is 0. The van der Waals surface area contributed by atoms with Gasteiger partial charge >= 0.3 is 0 Å². The largest absolute Gasteiger partial charge is 0.301 e. The van der Waals surface area contributed by atoms with E-state index in [2.05, 4.69) is 33.4 Å². The van der Waals surface area contributed by atoms with Crippen molar-refractivity contribution in [2.75, 3.05) is 63.9 Å². The molecule has 3 aliphatic heterocycles. The Morgan fingerprint density at radius 3 is 2.53 bits per heavy atom. The van der Waals surface area contributed by atoms with Crippen LogP contribution in [0.5, 0.6) is 0 Å². The number of nitrogens with zero attached hydrogens (tertiary/aromatic N) is 3. The van der Waals surface area contributed by atoms with E-state index in [1.807, 2.05) is 0 Å². The minimum atomic E-state index is 0.855. The molecule has 110 valence electrons. The molecule has 0 amide bonds. The minimum absolute atomic E-state index is 0.855. The van der Waals surface area contributed by atoms with Crippen LogP contribution in [0.3, 0.4) is 0 Å². The quantitative estimate of drug-likeness (QED) is 0.772. The van der Waals surface area contributed by atoms with Crippen molar-refractivity contribution in [1.29, 1.82) is 0 Å². The van der Waals surface area contributed by atoms with E-state index in [1.165, 1.54) is 76.7 Å². The Balaban J connectivity index is 1.41. The zero-order valence-corrected chi connectivity index (χ0v) is 13.2. The molecule has 3 nitrogen and oxygen atoms in total. The smallest absolute Gasteiger partial charge is 0.0236 e. The number of thioether (sulfide) groups is 1. The first kappa shape index (κ1) is 14.2. The Hall–Kier alpha value is 0.230. The lowest BCUT2D eigenvalue weighted by molar-refractivity contribution is 0.100. The van der Waals surface area contributed by atoms with Gasteiger partial charge in [-0.15, -0.1) is 0 Å². The topological polar surface area (TPSA) is 9.72 Å². The molecule has 2 unspecified atom stereocenters. The molecule has 0 bridgehead atoms. The van der Waals surface area contributed by atoms with Crippen molar-refractivity contribution in [3.63, 3.8) is 0 Å². The van der Waals surface area contributed by atoms with E-state index in [9.17, 15) is 0 Å². The Morgan fingerprint density at radius 1 is 1.00 bits per heavy atom. The zero-order valence-electron chi connectivity index (χ0n) is 12.4. The predicted octanol–water partition coefficient (Wildman–Crippen LogP) is 1.45. The van der Waals surface area contributed by atoms with Gasteiger partial charge in [0.05, 0.1) is 0 Å². The molecule has 0 aromatic rings. The maximum absolute atomic E-state index is 2.76. The maximum atomic E-state index is 2.76. The fraction of sp³-hybridized carbons (Fsp3) is 1.00. The fourth-order valence-corrected chi connectivity index (χ4v) is 5.09. The number of rotatable bonds is 4. The second-order valence-electron chi connectivity index (χ2n) is 6.40. The third kappa shape index (κ3) is 3.66. The van der Waals surface area contributed by atoms with Gasteiger partial charge in [0.25, 0.3) is 0 Å². The van der Waals surface area contributed by atoms with Crippen molar-refractivity contribution in [3.05, 3.63) is 0 Å². The van der Waals surface area contributed by atoms with Gasteiger partial charge in [-0.05, 0) is 43.4 Å². The van der Waals surface area contributed by atoms with Gasteiger partial charge in [-0.25, -0.2) is 0 Å². The summed E-state index contributed by atoms with van der Waals surface area (Å²) < 4.78 is 0. The maximum Gasteiger partial charge on any atom is 0.0236 e. The Morgan fingerprint density at radius 2 is 1.84 bits per heavy atom. The monoisotopic (exact) mass is 283 g/mol. The fourth-order valence-electron chi connectivity index (χ4n) is 3.81. The Labute approximate surface area is 122 Å². The predicted molar refractivity (Wildman–Crippen MR) is 84.0 cm³/mol. The minimum Gasteiger partial charge on any atom is -0.301 e. The SMILES string of the molecule is CCN1CCN(C2CCN(CC3CCSC3)C2)CC1. The first-order valence-corrected chi connectivity index (χ1v) is 9.27. The second-order valence-corrected chi connectivity index (χ2v) is 7.55.